The van der Waals surface area contributed by atoms with Crippen molar-refractivity contribution in [2.24, 2.45) is 0 Å². The molecule has 0 aromatic heterocycles. The maximum atomic E-state index is 13.1. The summed E-state index contributed by atoms with van der Waals surface area (Å²) < 4.78 is 6.44. The Morgan fingerprint density at radius 3 is 2.30 bits per heavy atom. The molecule has 1 N–H and O–H groups in total. The van der Waals surface area contributed by atoms with E-state index in [4.69, 9.17) is 4.74 Å². The van der Waals surface area contributed by atoms with Gasteiger partial charge in [0.15, 0.2) is 0 Å². The van der Waals surface area contributed by atoms with E-state index in [1.54, 1.807) is 0 Å². The molecule has 1 aliphatic carbocycles. The van der Waals surface area contributed by atoms with Gasteiger partial charge in [-0.3, -0.25) is 9.69 Å². The summed E-state index contributed by atoms with van der Waals surface area (Å²) in [7, 11) is 0. The van der Waals surface area contributed by atoms with E-state index in [1.807, 2.05) is 24.3 Å². The van der Waals surface area contributed by atoms with Gasteiger partial charge in [0, 0.05) is 29.8 Å². The molecule has 0 unspecified atom stereocenters. The summed E-state index contributed by atoms with van der Waals surface area (Å²) in [6, 6.07) is 16.4. The summed E-state index contributed by atoms with van der Waals surface area (Å²) in [6.07, 6.45) is 2.92. The van der Waals surface area contributed by atoms with E-state index >= 15 is 0 Å². The number of morpholine rings is 1. The molecule has 4 rings (SSSR count). The van der Waals surface area contributed by atoms with Crippen LogP contribution >= 0.6 is 15.9 Å². The summed E-state index contributed by atoms with van der Waals surface area (Å²) in [5.74, 6) is 0.108. The second-order valence-corrected chi connectivity index (χ2v) is 8.40. The van der Waals surface area contributed by atoms with Crippen LogP contribution in [0.2, 0.25) is 0 Å². The largest absolute Gasteiger partial charge is 0.379 e. The van der Waals surface area contributed by atoms with E-state index in [0.717, 1.165) is 67.8 Å². The monoisotopic (exact) mass is 428 g/mol. The first-order valence-corrected chi connectivity index (χ1v) is 10.4. The summed E-state index contributed by atoms with van der Waals surface area (Å²) in [5, 5.41) is 3.14. The topological polar surface area (TPSA) is 41.6 Å². The van der Waals surface area contributed by atoms with Crippen molar-refractivity contribution >= 4 is 27.5 Å². The molecule has 0 bridgehead atoms. The number of hydrogen-bond donors (Lipinski definition) is 1. The van der Waals surface area contributed by atoms with Crippen LogP contribution in [0.4, 0.5) is 5.69 Å². The quantitative estimate of drug-likeness (QED) is 0.769. The normalized spacial score (nSPS) is 19.3. The maximum absolute atomic E-state index is 13.1. The van der Waals surface area contributed by atoms with Crippen LogP contribution in [0, 0.1) is 0 Å². The zero-order valence-electron chi connectivity index (χ0n) is 15.4. The first-order chi connectivity index (χ1) is 13.2. The van der Waals surface area contributed by atoms with Crippen molar-refractivity contribution < 1.29 is 9.53 Å². The van der Waals surface area contributed by atoms with Gasteiger partial charge in [-0.2, -0.15) is 0 Å². The number of benzene rings is 2. The molecule has 1 saturated heterocycles. The van der Waals surface area contributed by atoms with E-state index in [1.165, 1.54) is 5.56 Å². The van der Waals surface area contributed by atoms with Crippen molar-refractivity contribution in [3.05, 3.63) is 64.1 Å². The van der Waals surface area contributed by atoms with Crippen LogP contribution < -0.4 is 5.32 Å². The Balaban J connectivity index is 1.42. The van der Waals surface area contributed by atoms with Gasteiger partial charge >= 0.3 is 0 Å². The molecule has 1 saturated carbocycles. The highest BCUT2D eigenvalue weighted by molar-refractivity contribution is 9.10. The van der Waals surface area contributed by atoms with Crippen molar-refractivity contribution in [3.8, 4) is 0 Å². The molecule has 2 fully saturated rings. The molecule has 2 aliphatic rings. The molecule has 1 heterocycles. The molecule has 1 aliphatic heterocycles. The average Bonchev–Trinajstić information content (AvgIpc) is 2.65. The van der Waals surface area contributed by atoms with Crippen molar-refractivity contribution in [1.29, 1.82) is 0 Å². The Hall–Kier alpha value is -1.69. The minimum Gasteiger partial charge on any atom is -0.379 e. The van der Waals surface area contributed by atoms with Crippen LogP contribution in [0.25, 0.3) is 0 Å². The van der Waals surface area contributed by atoms with Crippen LogP contribution in [-0.4, -0.2) is 37.1 Å². The average molecular weight is 429 g/mol. The maximum Gasteiger partial charge on any atom is 0.235 e. The zero-order valence-corrected chi connectivity index (χ0v) is 17.0. The number of halogens is 1. The van der Waals surface area contributed by atoms with Gasteiger partial charge in [0.05, 0.1) is 18.6 Å². The van der Waals surface area contributed by atoms with Crippen LogP contribution in [0.15, 0.2) is 53.0 Å². The predicted octanol–water partition coefficient (Wildman–Crippen LogP) is 4.34. The molecule has 0 spiro atoms. The first kappa shape index (κ1) is 18.7. The number of ether oxygens (including phenoxy) is 1. The number of anilines is 1. The Labute approximate surface area is 169 Å². The van der Waals surface area contributed by atoms with Crippen LogP contribution in [0.3, 0.4) is 0 Å². The lowest BCUT2D eigenvalue weighted by Crippen LogP contribution is -2.46. The Bertz CT molecular complexity index is 779. The lowest BCUT2D eigenvalue weighted by molar-refractivity contribution is -0.124. The van der Waals surface area contributed by atoms with Gasteiger partial charge in [-0.1, -0.05) is 46.6 Å². The fourth-order valence-corrected chi connectivity index (χ4v) is 4.17. The van der Waals surface area contributed by atoms with Crippen LogP contribution in [0.1, 0.15) is 30.4 Å². The molecular formula is C22H25BrN2O2. The number of rotatable bonds is 5. The SMILES string of the molecule is O=C(Nc1ccc(CN2CCOCC2)cc1)C1(c2ccc(Br)cc2)CCC1. The number of nitrogens with one attached hydrogen (secondary N) is 1. The van der Waals surface area contributed by atoms with E-state index in [0.29, 0.717) is 0 Å². The highest BCUT2D eigenvalue weighted by Crippen LogP contribution is 2.44. The summed E-state index contributed by atoms with van der Waals surface area (Å²) >= 11 is 3.47. The number of carbonyl (C=O) groups is 1. The second kappa shape index (κ2) is 8.13. The van der Waals surface area contributed by atoms with Crippen molar-refractivity contribution in [2.75, 3.05) is 31.6 Å². The molecule has 2 aromatic rings. The summed E-state index contributed by atoms with van der Waals surface area (Å²) in [4.78, 5) is 15.5. The van der Waals surface area contributed by atoms with E-state index in [-0.39, 0.29) is 11.3 Å². The van der Waals surface area contributed by atoms with Gasteiger partial charge < -0.3 is 10.1 Å². The highest BCUT2D eigenvalue weighted by Gasteiger charge is 2.45. The van der Waals surface area contributed by atoms with Crippen molar-refractivity contribution in [1.82, 2.24) is 4.90 Å². The molecule has 5 heteroatoms. The third-order valence-corrected chi connectivity index (χ3v) is 6.29. The highest BCUT2D eigenvalue weighted by atomic mass is 79.9. The third kappa shape index (κ3) is 4.10. The number of amides is 1. The lowest BCUT2D eigenvalue weighted by Gasteiger charge is -2.40. The Kier molecular flexibility index (Phi) is 5.62. The minimum atomic E-state index is -0.382. The van der Waals surface area contributed by atoms with Crippen LogP contribution in [0.5, 0.6) is 0 Å². The summed E-state index contributed by atoms with van der Waals surface area (Å²) in [5.41, 5.74) is 2.86. The summed E-state index contributed by atoms with van der Waals surface area (Å²) in [6.45, 7) is 4.52. The lowest BCUT2D eigenvalue weighted by atomic mass is 9.64. The van der Waals surface area contributed by atoms with E-state index in [9.17, 15) is 4.79 Å². The van der Waals surface area contributed by atoms with E-state index < -0.39 is 0 Å². The van der Waals surface area contributed by atoms with Crippen molar-refractivity contribution in [2.45, 2.75) is 31.2 Å². The fraction of sp³-hybridized carbons (Fsp3) is 0.409. The van der Waals surface area contributed by atoms with Crippen molar-refractivity contribution in [3.63, 3.8) is 0 Å². The minimum absolute atomic E-state index is 0.108. The zero-order chi connectivity index (χ0) is 18.7. The third-order valence-electron chi connectivity index (χ3n) is 5.76. The van der Waals surface area contributed by atoms with Gasteiger partial charge in [0.2, 0.25) is 5.91 Å². The Morgan fingerprint density at radius 2 is 1.70 bits per heavy atom. The van der Waals surface area contributed by atoms with Gasteiger partial charge in [0.25, 0.3) is 0 Å². The molecule has 0 atom stereocenters. The number of carbonyl (C=O) groups excluding carboxylic acids is 1. The first-order valence-electron chi connectivity index (χ1n) is 9.62. The van der Waals surface area contributed by atoms with Crippen LogP contribution in [-0.2, 0) is 21.5 Å². The van der Waals surface area contributed by atoms with Gasteiger partial charge in [-0.25, -0.2) is 0 Å². The van der Waals surface area contributed by atoms with Gasteiger partial charge in [-0.15, -0.1) is 0 Å². The number of hydrogen-bond acceptors (Lipinski definition) is 3. The number of nitrogens with zero attached hydrogens (tertiary/aromatic N) is 1. The predicted molar refractivity (Wildman–Crippen MR) is 111 cm³/mol. The standard InChI is InChI=1S/C22H25BrN2O2/c23-19-6-4-18(5-7-19)22(10-1-11-22)21(26)24-20-8-2-17(3-9-20)16-25-12-14-27-15-13-25/h2-9H,1,10-16H2,(H,24,26). The molecule has 1 amide bonds. The van der Waals surface area contributed by atoms with Gasteiger partial charge in [-0.05, 0) is 48.2 Å². The molecule has 0 radical (unpaired) electrons. The van der Waals surface area contributed by atoms with E-state index in [2.05, 4.69) is 50.4 Å². The smallest absolute Gasteiger partial charge is 0.235 e. The molecule has 2 aromatic carbocycles. The fourth-order valence-electron chi connectivity index (χ4n) is 3.91. The second-order valence-electron chi connectivity index (χ2n) is 7.48. The van der Waals surface area contributed by atoms with Gasteiger partial charge in [0.1, 0.15) is 0 Å². The molecule has 4 nitrogen and oxygen atoms in total. The molecule has 142 valence electrons. The molecular weight excluding hydrogens is 404 g/mol. The Morgan fingerprint density at radius 1 is 1.04 bits per heavy atom. The molecule has 27 heavy (non-hydrogen) atoms.